The third-order valence-corrected chi connectivity index (χ3v) is 5.12. The van der Waals surface area contributed by atoms with Gasteiger partial charge in [-0.3, -0.25) is 9.69 Å². The molecule has 150 valence electrons. The van der Waals surface area contributed by atoms with Crippen LogP contribution in [0.25, 0.3) is 11.5 Å². The Bertz CT molecular complexity index is 932. The molecular formula is C22H24N4O3. The summed E-state index contributed by atoms with van der Waals surface area (Å²) in [6.45, 7) is 2.36. The lowest BCUT2D eigenvalue weighted by atomic mass is 10.0. The molecule has 1 amide bonds. The molecule has 0 unspecified atom stereocenters. The van der Waals surface area contributed by atoms with E-state index in [1.165, 1.54) is 0 Å². The highest BCUT2D eigenvalue weighted by atomic mass is 16.5. The van der Waals surface area contributed by atoms with Crippen LogP contribution in [0.4, 0.5) is 0 Å². The number of aromatic nitrogens is 2. The minimum absolute atomic E-state index is 0.00918. The van der Waals surface area contributed by atoms with E-state index in [-0.39, 0.29) is 11.9 Å². The lowest BCUT2D eigenvalue weighted by molar-refractivity contribution is 0.0905. The maximum atomic E-state index is 12.3. The topological polar surface area (TPSA) is 80.5 Å². The van der Waals surface area contributed by atoms with Crippen molar-refractivity contribution < 1.29 is 13.9 Å². The average Bonchev–Trinajstić information content (AvgIpc) is 3.24. The SMILES string of the molecule is COc1ccc(-c2nnc(CN3CCC(NC(=O)c4ccccc4)CC3)o2)cc1. The van der Waals surface area contributed by atoms with Crippen molar-refractivity contribution in [2.24, 2.45) is 0 Å². The minimum atomic E-state index is -0.00918. The number of methoxy groups -OCH3 is 1. The molecule has 0 atom stereocenters. The van der Waals surface area contributed by atoms with Gasteiger partial charge in [0.2, 0.25) is 11.8 Å². The molecule has 3 aromatic rings. The Morgan fingerprint density at radius 2 is 1.83 bits per heavy atom. The van der Waals surface area contributed by atoms with E-state index in [4.69, 9.17) is 9.15 Å². The van der Waals surface area contributed by atoms with Gasteiger partial charge in [-0.05, 0) is 49.2 Å². The van der Waals surface area contributed by atoms with E-state index < -0.39 is 0 Å². The van der Waals surface area contributed by atoms with Crippen LogP contribution in [0, 0.1) is 0 Å². The average molecular weight is 392 g/mol. The van der Waals surface area contributed by atoms with Crippen molar-refractivity contribution in [1.29, 1.82) is 0 Å². The molecule has 1 aliphatic rings. The first kappa shape index (κ1) is 19.1. The molecule has 1 aliphatic heterocycles. The Kier molecular flexibility index (Phi) is 5.86. The monoisotopic (exact) mass is 392 g/mol. The Hall–Kier alpha value is -3.19. The van der Waals surface area contributed by atoms with E-state index in [2.05, 4.69) is 20.4 Å². The van der Waals surface area contributed by atoms with Crippen molar-refractivity contribution in [3.05, 3.63) is 66.1 Å². The summed E-state index contributed by atoms with van der Waals surface area (Å²) in [6.07, 6.45) is 1.80. The summed E-state index contributed by atoms with van der Waals surface area (Å²) in [6, 6.07) is 17.1. The molecule has 0 spiro atoms. The fourth-order valence-corrected chi connectivity index (χ4v) is 3.45. The van der Waals surface area contributed by atoms with E-state index >= 15 is 0 Å². The van der Waals surface area contributed by atoms with Gasteiger partial charge in [-0.25, -0.2) is 0 Å². The van der Waals surface area contributed by atoms with Gasteiger partial charge >= 0.3 is 0 Å². The van der Waals surface area contributed by atoms with Crippen molar-refractivity contribution in [3.63, 3.8) is 0 Å². The molecule has 2 aromatic carbocycles. The first-order chi connectivity index (χ1) is 14.2. The molecule has 0 saturated carbocycles. The number of ether oxygens (including phenoxy) is 1. The summed E-state index contributed by atoms with van der Waals surface area (Å²) in [5.41, 5.74) is 1.57. The Morgan fingerprint density at radius 3 is 2.52 bits per heavy atom. The molecule has 0 bridgehead atoms. The van der Waals surface area contributed by atoms with Crippen LogP contribution in [0.5, 0.6) is 5.75 Å². The number of nitrogens with one attached hydrogen (secondary N) is 1. The van der Waals surface area contributed by atoms with E-state index in [1.807, 2.05) is 54.6 Å². The molecule has 2 heterocycles. The van der Waals surface area contributed by atoms with Gasteiger partial charge in [-0.1, -0.05) is 18.2 Å². The number of amides is 1. The number of hydrogen-bond donors (Lipinski definition) is 1. The van der Waals surface area contributed by atoms with E-state index in [9.17, 15) is 4.79 Å². The van der Waals surface area contributed by atoms with Crippen LogP contribution in [0.1, 0.15) is 29.1 Å². The summed E-state index contributed by atoms with van der Waals surface area (Å²) < 4.78 is 11.0. The second kappa shape index (κ2) is 8.87. The number of likely N-dealkylation sites (tertiary alicyclic amines) is 1. The third-order valence-electron chi connectivity index (χ3n) is 5.12. The molecule has 1 aromatic heterocycles. The zero-order chi connectivity index (χ0) is 20.1. The van der Waals surface area contributed by atoms with Crippen LogP contribution in [0.3, 0.4) is 0 Å². The fourth-order valence-electron chi connectivity index (χ4n) is 3.45. The van der Waals surface area contributed by atoms with Gasteiger partial charge in [0.05, 0.1) is 13.7 Å². The smallest absolute Gasteiger partial charge is 0.251 e. The van der Waals surface area contributed by atoms with Crippen molar-refractivity contribution in [2.45, 2.75) is 25.4 Å². The second-order valence-electron chi connectivity index (χ2n) is 7.12. The fraction of sp³-hybridized carbons (Fsp3) is 0.318. The molecule has 1 N–H and O–H groups in total. The Morgan fingerprint density at radius 1 is 1.10 bits per heavy atom. The maximum Gasteiger partial charge on any atom is 0.251 e. The zero-order valence-electron chi connectivity index (χ0n) is 16.4. The maximum absolute atomic E-state index is 12.3. The van der Waals surface area contributed by atoms with Crippen LogP contribution in [0.2, 0.25) is 0 Å². The second-order valence-corrected chi connectivity index (χ2v) is 7.12. The summed E-state index contributed by atoms with van der Waals surface area (Å²) in [5.74, 6) is 1.89. The number of carbonyl (C=O) groups is 1. The molecule has 1 fully saturated rings. The normalized spacial score (nSPS) is 15.2. The molecule has 29 heavy (non-hydrogen) atoms. The van der Waals surface area contributed by atoms with Crippen LogP contribution < -0.4 is 10.1 Å². The molecular weight excluding hydrogens is 368 g/mol. The highest BCUT2D eigenvalue weighted by molar-refractivity contribution is 5.94. The van der Waals surface area contributed by atoms with Gasteiger partial charge in [-0.15, -0.1) is 10.2 Å². The minimum Gasteiger partial charge on any atom is -0.497 e. The predicted molar refractivity (Wildman–Crippen MR) is 108 cm³/mol. The highest BCUT2D eigenvalue weighted by Gasteiger charge is 2.22. The van der Waals surface area contributed by atoms with Gasteiger partial charge in [0, 0.05) is 30.3 Å². The first-order valence-corrected chi connectivity index (χ1v) is 9.76. The van der Waals surface area contributed by atoms with Gasteiger partial charge in [-0.2, -0.15) is 0 Å². The number of piperidine rings is 1. The van der Waals surface area contributed by atoms with Gasteiger partial charge < -0.3 is 14.5 Å². The van der Waals surface area contributed by atoms with Crippen molar-refractivity contribution in [3.8, 4) is 17.2 Å². The van der Waals surface area contributed by atoms with E-state index in [1.54, 1.807) is 7.11 Å². The highest BCUT2D eigenvalue weighted by Crippen LogP contribution is 2.22. The van der Waals surface area contributed by atoms with E-state index in [0.29, 0.717) is 23.9 Å². The van der Waals surface area contributed by atoms with Gasteiger partial charge in [0.1, 0.15) is 5.75 Å². The van der Waals surface area contributed by atoms with Crippen LogP contribution in [-0.4, -0.2) is 47.2 Å². The van der Waals surface area contributed by atoms with Crippen LogP contribution >= 0.6 is 0 Å². The summed E-state index contributed by atoms with van der Waals surface area (Å²) in [7, 11) is 1.64. The number of carbonyl (C=O) groups excluding carboxylic acids is 1. The Labute approximate surface area is 169 Å². The number of benzene rings is 2. The quantitative estimate of drug-likeness (QED) is 0.694. The van der Waals surface area contributed by atoms with Crippen LogP contribution in [-0.2, 0) is 6.54 Å². The summed E-state index contributed by atoms with van der Waals surface area (Å²) >= 11 is 0. The molecule has 0 aliphatic carbocycles. The molecule has 7 nitrogen and oxygen atoms in total. The predicted octanol–water partition coefficient (Wildman–Crippen LogP) is 3.14. The molecule has 1 saturated heterocycles. The zero-order valence-corrected chi connectivity index (χ0v) is 16.4. The lowest BCUT2D eigenvalue weighted by Gasteiger charge is -2.31. The van der Waals surface area contributed by atoms with Crippen molar-refractivity contribution in [1.82, 2.24) is 20.4 Å². The summed E-state index contributed by atoms with van der Waals surface area (Å²) in [4.78, 5) is 14.6. The lowest BCUT2D eigenvalue weighted by Crippen LogP contribution is -2.44. The molecule has 4 rings (SSSR count). The Balaban J connectivity index is 1.27. The summed E-state index contributed by atoms with van der Waals surface area (Å²) in [5, 5.41) is 11.5. The van der Waals surface area contributed by atoms with E-state index in [0.717, 1.165) is 37.2 Å². The van der Waals surface area contributed by atoms with Crippen molar-refractivity contribution in [2.75, 3.05) is 20.2 Å². The van der Waals surface area contributed by atoms with Crippen LogP contribution in [0.15, 0.2) is 59.0 Å². The molecule has 7 heteroatoms. The van der Waals surface area contributed by atoms with Crippen molar-refractivity contribution >= 4 is 5.91 Å². The first-order valence-electron chi connectivity index (χ1n) is 9.76. The number of hydrogen-bond acceptors (Lipinski definition) is 6. The number of nitrogens with zero attached hydrogens (tertiary/aromatic N) is 3. The molecule has 0 radical (unpaired) electrons. The van der Waals surface area contributed by atoms with Gasteiger partial charge in [0.15, 0.2) is 0 Å². The number of rotatable bonds is 6. The largest absolute Gasteiger partial charge is 0.497 e. The van der Waals surface area contributed by atoms with Gasteiger partial charge in [0.25, 0.3) is 5.91 Å². The standard InChI is InChI=1S/C22H24N4O3/c1-28-19-9-7-17(8-10-19)22-25-24-20(29-22)15-26-13-11-18(12-14-26)23-21(27)16-5-3-2-4-6-16/h2-10,18H,11-15H2,1H3,(H,23,27). The third kappa shape index (κ3) is 4.81.